The zero-order chi connectivity index (χ0) is 33.7. The van der Waals surface area contributed by atoms with Gasteiger partial charge in [0.05, 0.1) is 146 Å². The maximum atomic E-state index is 11.6. The molecule has 272 valence electrons. The summed E-state index contributed by atoms with van der Waals surface area (Å²) in [5.74, 6) is -0.290. The first-order chi connectivity index (χ1) is 23.2. The van der Waals surface area contributed by atoms with Crippen molar-refractivity contribution in [2.24, 2.45) is 0 Å². The number of alkyl carbamates (subject to hydrolysis) is 1. The van der Waals surface area contributed by atoms with Crippen molar-refractivity contribution in [3.63, 3.8) is 0 Å². The molecule has 0 radical (unpaired) electrons. The number of methoxy groups -OCH3 is 1. The number of amides is 1. The van der Waals surface area contributed by atoms with Crippen LogP contribution in [0.5, 0.6) is 0 Å². The van der Waals surface area contributed by atoms with E-state index in [0.717, 1.165) is 5.56 Å². The first-order valence-electron chi connectivity index (χ1n) is 16.0. The molecule has 0 saturated carbocycles. The second-order valence-electron chi connectivity index (χ2n) is 9.44. The quantitative estimate of drug-likeness (QED) is 0.0817. The Balaban J connectivity index is 1.64. The monoisotopic (exact) mass is 677 g/mol. The van der Waals surface area contributed by atoms with Gasteiger partial charge >= 0.3 is 12.1 Å². The Labute approximate surface area is 278 Å². The van der Waals surface area contributed by atoms with Crippen molar-refractivity contribution in [2.75, 3.05) is 146 Å². The molecular weight excluding hydrogens is 622 g/mol. The highest BCUT2D eigenvalue weighted by molar-refractivity contribution is 5.69. The van der Waals surface area contributed by atoms with Crippen LogP contribution in [0.25, 0.3) is 0 Å². The van der Waals surface area contributed by atoms with Crippen LogP contribution >= 0.6 is 0 Å². The van der Waals surface area contributed by atoms with E-state index in [0.29, 0.717) is 139 Å². The van der Waals surface area contributed by atoms with Gasteiger partial charge in [-0.15, -0.1) is 0 Å². The molecule has 15 nitrogen and oxygen atoms in total. The van der Waals surface area contributed by atoms with Gasteiger partial charge in [0.2, 0.25) is 0 Å². The first kappa shape index (κ1) is 42.6. The summed E-state index contributed by atoms with van der Waals surface area (Å²) in [5, 5.41) is 2.64. The number of ether oxygens (including phenoxy) is 12. The number of nitrogens with one attached hydrogen (secondary N) is 1. The standard InChI is InChI=1S/C32H55NO14/c1-36-31(34)7-9-37-11-13-39-15-17-41-19-21-43-23-25-45-27-28-46-26-24-44-22-20-42-18-16-40-14-12-38-10-8-33-32(35)47-29-30-5-3-2-4-6-30/h2-6H,7-29H2,1H3,(H,33,35). The van der Waals surface area contributed by atoms with E-state index in [9.17, 15) is 9.59 Å². The fraction of sp³-hybridized carbons (Fsp3) is 0.750. The van der Waals surface area contributed by atoms with E-state index in [2.05, 4.69) is 10.1 Å². The fourth-order valence-electron chi connectivity index (χ4n) is 3.34. The van der Waals surface area contributed by atoms with Crippen molar-refractivity contribution in [2.45, 2.75) is 13.0 Å². The largest absolute Gasteiger partial charge is 0.469 e. The molecule has 1 aromatic rings. The molecule has 0 aliphatic heterocycles. The van der Waals surface area contributed by atoms with Crippen LogP contribution in [0.3, 0.4) is 0 Å². The van der Waals surface area contributed by atoms with E-state index in [4.69, 9.17) is 52.1 Å². The Morgan fingerprint density at radius 3 is 1.19 bits per heavy atom. The number of benzene rings is 1. The maximum Gasteiger partial charge on any atom is 0.407 e. The maximum absolute atomic E-state index is 11.6. The number of carbonyl (C=O) groups excluding carboxylic acids is 2. The van der Waals surface area contributed by atoms with Gasteiger partial charge in [0.1, 0.15) is 6.61 Å². The lowest BCUT2D eigenvalue weighted by atomic mass is 10.2. The molecule has 0 atom stereocenters. The van der Waals surface area contributed by atoms with Crippen molar-refractivity contribution in [3.8, 4) is 0 Å². The predicted octanol–water partition coefficient (Wildman–Crippen LogP) is 1.64. The molecule has 47 heavy (non-hydrogen) atoms. The minimum atomic E-state index is -0.473. The van der Waals surface area contributed by atoms with Crippen LogP contribution in [0.4, 0.5) is 4.79 Å². The van der Waals surface area contributed by atoms with Crippen LogP contribution in [0, 0.1) is 0 Å². The van der Waals surface area contributed by atoms with E-state index in [-0.39, 0.29) is 19.0 Å². The zero-order valence-electron chi connectivity index (χ0n) is 27.9. The number of rotatable bonds is 35. The van der Waals surface area contributed by atoms with E-state index in [1.807, 2.05) is 30.3 Å². The summed E-state index contributed by atoms with van der Waals surface area (Å²) in [6.45, 7) is 9.73. The van der Waals surface area contributed by atoms with Gasteiger partial charge in [-0.05, 0) is 5.56 Å². The van der Waals surface area contributed by atoms with Gasteiger partial charge in [0.15, 0.2) is 0 Å². The van der Waals surface area contributed by atoms with Crippen molar-refractivity contribution in [1.82, 2.24) is 5.32 Å². The van der Waals surface area contributed by atoms with Crippen molar-refractivity contribution in [1.29, 1.82) is 0 Å². The Morgan fingerprint density at radius 1 is 0.489 bits per heavy atom. The third kappa shape index (κ3) is 31.9. The van der Waals surface area contributed by atoms with Gasteiger partial charge in [-0.25, -0.2) is 4.79 Å². The average molecular weight is 678 g/mol. The summed E-state index contributed by atoms with van der Waals surface area (Å²) in [7, 11) is 1.35. The average Bonchev–Trinajstić information content (AvgIpc) is 3.09. The predicted molar refractivity (Wildman–Crippen MR) is 169 cm³/mol. The lowest BCUT2D eigenvalue weighted by molar-refractivity contribution is -0.141. The molecule has 0 aliphatic rings. The topological polar surface area (TPSA) is 157 Å². The lowest BCUT2D eigenvalue weighted by Gasteiger charge is -2.09. The number of hydrogen-bond acceptors (Lipinski definition) is 14. The summed E-state index contributed by atoms with van der Waals surface area (Å²) in [5.41, 5.74) is 0.935. The molecular formula is C32H55NO14. The van der Waals surface area contributed by atoms with Crippen LogP contribution in [0.2, 0.25) is 0 Å². The highest BCUT2D eigenvalue weighted by Gasteiger charge is 2.02. The fourth-order valence-corrected chi connectivity index (χ4v) is 3.34. The van der Waals surface area contributed by atoms with Crippen LogP contribution < -0.4 is 5.32 Å². The van der Waals surface area contributed by atoms with Gasteiger partial charge in [-0.1, -0.05) is 30.3 Å². The smallest absolute Gasteiger partial charge is 0.407 e. The molecule has 0 aromatic heterocycles. The summed E-state index contributed by atoms with van der Waals surface area (Å²) in [6.07, 6.45) is -0.232. The third-order valence-corrected chi connectivity index (χ3v) is 5.75. The van der Waals surface area contributed by atoms with E-state index in [1.54, 1.807) is 0 Å². The Kier molecular flexibility index (Phi) is 31.6. The number of esters is 1. The van der Waals surface area contributed by atoms with Gasteiger partial charge < -0.3 is 62.2 Å². The molecule has 1 rings (SSSR count). The van der Waals surface area contributed by atoms with Crippen LogP contribution in [-0.4, -0.2) is 158 Å². The second-order valence-corrected chi connectivity index (χ2v) is 9.44. The highest BCUT2D eigenvalue weighted by Crippen LogP contribution is 2.00. The molecule has 0 fully saturated rings. The lowest BCUT2D eigenvalue weighted by Crippen LogP contribution is -2.28. The molecule has 0 bridgehead atoms. The summed E-state index contributed by atoms with van der Waals surface area (Å²) < 4.78 is 63.8. The van der Waals surface area contributed by atoms with Gasteiger partial charge in [0, 0.05) is 6.54 Å². The summed E-state index contributed by atoms with van der Waals surface area (Å²) >= 11 is 0. The molecule has 1 aromatic carbocycles. The van der Waals surface area contributed by atoms with Crippen molar-refractivity contribution < 1.29 is 66.4 Å². The van der Waals surface area contributed by atoms with Crippen molar-refractivity contribution in [3.05, 3.63) is 35.9 Å². The minimum absolute atomic E-state index is 0.235. The van der Waals surface area contributed by atoms with Crippen LogP contribution in [0.15, 0.2) is 30.3 Å². The van der Waals surface area contributed by atoms with Crippen LogP contribution in [-0.2, 0) is 68.2 Å². The van der Waals surface area contributed by atoms with E-state index >= 15 is 0 Å². The molecule has 0 spiro atoms. The molecule has 0 heterocycles. The molecule has 0 aliphatic carbocycles. The second kappa shape index (κ2) is 34.9. The summed E-state index contributed by atoms with van der Waals surface area (Å²) in [6, 6.07) is 9.49. The van der Waals surface area contributed by atoms with Crippen molar-refractivity contribution >= 4 is 12.1 Å². The SMILES string of the molecule is COC(=O)CCOCCOCCOCCOCCOCCOCCOCCOCCOCCOCCNC(=O)OCc1ccccc1. The molecule has 0 saturated heterocycles. The molecule has 0 unspecified atom stereocenters. The van der Waals surface area contributed by atoms with Gasteiger partial charge in [0.25, 0.3) is 0 Å². The van der Waals surface area contributed by atoms with Gasteiger partial charge in [-0.3, -0.25) is 4.79 Å². The molecule has 1 N–H and O–H groups in total. The first-order valence-corrected chi connectivity index (χ1v) is 16.0. The zero-order valence-corrected chi connectivity index (χ0v) is 27.9. The van der Waals surface area contributed by atoms with Crippen LogP contribution in [0.1, 0.15) is 12.0 Å². The molecule has 15 heteroatoms. The molecule has 1 amide bonds. The van der Waals surface area contributed by atoms with E-state index in [1.165, 1.54) is 7.11 Å². The van der Waals surface area contributed by atoms with Gasteiger partial charge in [-0.2, -0.15) is 0 Å². The summed E-state index contributed by atoms with van der Waals surface area (Å²) in [4.78, 5) is 22.6. The Hall–Kier alpha value is -2.44. The van der Waals surface area contributed by atoms with E-state index < -0.39 is 6.09 Å². The normalized spacial score (nSPS) is 11.1. The number of hydrogen-bond donors (Lipinski definition) is 1. The minimum Gasteiger partial charge on any atom is -0.469 e. The Morgan fingerprint density at radius 2 is 0.830 bits per heavy atom. The third-order valence-electron chi connectivity index (χ3n) is 5.75. The number of carbonyl (C=O) groups is 2. The highest BCUT2D eigenvalue weighted by atomic mass is 16.6. The Bertz CT molecular complexity index is 820.